The van der Waals surface area contributed by atoms with Crippen LogP contribution in [0.1, 0.15) is 46.5 Å². The number of halogens is 2. The summed E-state index contributed by atoms with van der Waals surface area (Å²) in [6.45, 7) is 3.45. The summed E-state index contributed by atoms with van der Waals surface area (Å²) in [5, 5.41) is 0. The molecule has 216 valence electrons. The summed E-state index contributed by atoms with van der Waals surface area (Å²) in [4.78, 5) is 55.5. The van der Waals surface area contributed by atoms with Gasteiger partial charge in [-0.25, -0.2) is 8.78 Å². The number of rotatable bonds is 8. The molecule has 0 N–H and O–H groups in total. The zero-order valence-electron chi connectivity index (χ0n) is 22.8. The van der Waals surface area contributed by atoms with Gasteiger partial charge in [-0.1, -0.05) is 18.2 Å². The Morgan fingerprint density at radius 2 is 1.60 bits per heavy atom. The van der Waals surface area contributed by atoms with E-state index < -0.39 is 66.1 Å². The molecule has 10 unspecified atom stereocenters. The SMILES string of the molecule is CC(C)N1C(=O)C2C3CC(C(OC(=O)C4C5CCC(C5)C4C(=O)OCC(C)(F)F)C31)C2C(=O)Oc1ccccc1. The number of carbonyl (C=O) groups is 4. The molecular formula is C30H35F2NO7. The second-order valence-corrected chi connectivity index (χ2v) is 12.6. The number of alkyl halides is 2. The molecule has 5 fully saturated rings. The highest BCUT2D eigenvalue weighted by molar-refractivity contribution is 5.91. The summed E-state index contributed by atoms with van der Waals surface area (Å²) in [5.41, 5.74) is 0. The van der Waals surface area contributed by atoms with E-state index >= 15 is 0 Å². The topological polar surface area (TPSA) is 99.2 Å². The number of esters is 3. The largest absolute Gasteiger partial charge is 0.460 e. The smallest absolute Gasteiger partial charge is 0.315 e. The van der Waals surface area contributed by atoms with E-state index in [1.165, 1.54) is 0 Å². The molecule has 4 bridgehead atoms. The molecule has 1 aromatic rings. The molecule has 5 aliphatic rings. The number of likely N-dealkylation sites (tertiary alicyclic amines) is 1. The molecular weight excluding hydrogens is 524 g/mol. The van der Waals surface area contributed by atoms with Crippen LogP contribution < -0.4 is 4.74 Å². The summed E-state index contributed by atoms with van der Waals surface area (Å²) >= 11 is 0. The van der Waals surface area contributed by atoms with Gasteiger partial charge in [0, 0.05) is 18.9 Å². The van der Waals surface area contributed by atoms with Crippen LogP contribution in [0.4, 0.5) is 8.78 Å². The molecule has 4 saturated carbocycles. The molecule has 1 saturated heterocycles. The van der Waals surface area contributed by atoms with Gasteiger partial charge in [0.2, 0.25) is 5.91 Å². The van der Waals surface area contributed by atoms with Gasteiger partial charge in [-0.15, -0.1) is 0 Å². The second-order valence-electron chi connectivity index (χ2n) is 12.6. The van der Waals surface area contributed by atoms with Crippen molar-refractivity contribution in [3.63, 3.8) is 0 Å². The summed E-state index contributed by atoms with van der Waals surface area (Å²) in [5.74, 6) is -8.38. The van der Waals surface area contributed by atoms with Crippen molar-refractivity contribution >= 4 is 23.8 Å². The monoisotopic (exact) mass is 559 g/mol. The number of para-hydroxylation sites is 1. The molecule has 8 nitrogen and oxygen atoms in total. The average Bonchev–Trinajstić information content (AvgIpc) is 3.69. The predicted molar refractivity (Wildman–Crippen MR) is 136 cm³/mol. The first-order chi connectivity index (χ1) is 19.0. The first-order valence-corrected chi connectivity index (χ1v) is 14.3. The number of benzene rings is 1. The van der Waals surface area contributed by atoms with Crippen molar-refractivity contribution in [2.24, 2.45) is 47.3 Å². The number of hydrogen-bond acceptors (Lipinski definition) is 7. The predicted octanol–water partition coefficient (Wildman–Crippen LogP) is 3.87. The van der Waals surface area contributed by atoms with Gasteiger partial charge in [0.25, 0.3) is 5.92 Å². The van der Waals surface area contributed by atoms with Crippen molar-refractivity contribution in [2.45, 2.75) is 70.6 Å². The summed E-state index contributed by atoms with van der Waals surface area (Å²) in [6.07, 6.45) is 1.98. The zero-order valence-corrected chi connectivity index (χ0v) is 22.8. The summed E-state index contributed by atoms with van der Waals surface area (Å²) < 4.78 is 43.6. The third-order valence-electron chi connectivity index (χ3n) is 9.88. The quantitative estimate of drug-likeness (QED) is 0.352. The highest BCUT2D eigenvalue weighted by atomic mass is 19.3. The van der Waals surface area contributed by atoms with Crippen LogP contribution >= 0.6 is 0 Å². The highest BCUT2D eigenvalue weighted by Gasteiger charge is 2.71. The number of fused-ring (bicyclic) bond motifs is 3. The van der Waals surface area contributed by atoms with Gasteiger partial charge in [-0.3, -0.25) is 19.2 Å². The van der Waals surface area contributed by atoms with E-state index in [9.17, 15) is 28.0 Å². The Kier molecular flexibility index (Phi) is 6.65. The fourth-order valence-electron chi connectivity index (χ4n) is 8.57. The standard InChI is InChI=1S/C30H35F2NO7/c1-14(2)33-24-18-12-19(23(22(18)26(33)34)29(37)39-17-7-5-4-6-8-17)25(24)40-28(36)21-16-10-9-15(11-16)20(21)27(35)38-13-30(3,31)32/h4-8,14-16,18-25H,9-13H2,1-3H3. The van der Waals surface area contributed by atoms with Gasteiger partial charge in [-0.05, 0) is 69.4 Å². The number of hydrogen-bond donors (Lipinski definition) is 0. The lowest BCUT2D eigenvalue weighted by Gasteiger charge is -2.37. The Bertz CT molecular complexity index is 1200. The molecule has 0 spiro atoms. The second kappa shape index (κ2) is 9.80. The Labute approximate surface area is 231 Å². The van der Waals surface area contributed by atoms with Crippen LogP contribution in [0, 0.1) is 47.3 Å². The molecule has 1 heterocycles. The van der Waals surface area contributed by atoms with E-state index in [4.69, 9.17) is 14.2 Å². The molecule has 6 rings (SSSR count). The third kappa shape index (κ3) is 4.38. The van der Waals surface area contributed by atoms with Crippen LogP contribution in [0.15, 0.2) is 30.3 Å². The van der Waals surface area contributed by atoms with Crippen LogP contribution in [0.2, 0.25) is 0 Å². The van der Waals surface area contributed by atoms with Gasteiger partial charge in [-0.2, -0.15) is 0 Å². The van der Waals surface area contributed by atoms with Gasteiger partial charge in [0.15, 0.2) is 6.61 Å². The molecule has 0 radical (unpaired) electrons. The number of amides is 1. The molecule has 1 aliphatic heterocycles. The molecule has 10 heteroatoms. The normalized spacial score (nSPS) is 37.4. The molecule has 10 atom stereocenters. The van der Waals surface area contributed by atoms with E-state index in [-0.39, 0.29) is 35.7 Å². The van der Waals surface area contributed by atoms with Gasteiger partial charge >= 0.3 is 17.9 Å². The first-order valence-electron chi connectivity index (χ1n) is 14.3. The average molecular weight is 560 g/mol. The highest BCUT2D eigenvalue weighted by Crippen LogP contribution is 2.61. The number of ether oxygens (including phenoxy) is 3. The molecule has 1 aromatic carbocycles. The molecule has 0 aromatic heterocycles. The van der Waals surface area contributed by atoms with Gasteiger partial charge in [0.1, 0.15) is 11.9 Å². The maximum atomic E-state index is 13.8. The Balaban J connectivity index is 1.24. The van der Waals surface area contributed by atoms with Crippen molar-refractivity contribution in [2.75, 3.05) is 6.61 Å². The van der Waals surface area contributed by atoms with Crippen molar-refractivity contribution in [3.8, 4) is 5.75 Å². The summed E-state index contributed by atoms with van der Waals surface area (Å²) in [7, 11) is 0. The molecule has 1 amide bonds. The minimum atomic E-state index is -3.17. The number of carbonyl (C=O) groups excluding carboxylic acids is 4. The van der Waals surface area contributed by atoms with E-state index in [0.717, 1.165) is 12.8 Å². The Morgan fingerprint density at radius 3 is 2.23 bits per heavy atom. The zero-order chi connectivity index (χ0) is 28.5. The molecule has 40 heavy (non-hydrogen) atoms. The Hall–Kier alpha value is -3.04. The Morgan fingerprint density at radius 1 is 0.950 bits per heavy atom. The fourth-order valence-corrected chi connectivity index (χ4v) is 8.57. The van der Waals surface area contributed by atoms with Gasteiger partial charge in [0.05, 0.1) is 29.7 Å². The van der Waals surface area contributed by atoms with E-state index in [0.29, 0.717) is 25.5 Å². The van der Waals surface area contributed by atoms with E-state index in [2.05, 4.69) is 0 Å². The molecule has 4 aliphatic carbocycles. The van der Waals surface area contributed by atoms with Crippen molar-refractivity contribution < 1.29 is 42.2 Å². The van der Waals surface area contributed by atoms with Crippen molar-refractivity contribution in [1.29, 1.82) is 0 Å². The van der Waals surface area contributed by atoms with Crippen molar-refractivity contribution in [3.05, 3.63) is 30.3 Å². The maximum absolute atomic E-state index is 13.8. The van der Waals surface area contributed by atoms with Crippen LogP contribution in [-0.4, -0.2) is 59.4 Å². The van der Waals surface area contributed by atoms with Crippen LogP contribution in [-0.2, 0) is 28.7 Å². The van der Waals surface area contributed by atoms with Crippen LogP contribution in [0.3, 0.4) is 0 Å². The lowest BCUT2D eigenvalue weighted by atomic mass is 9.77. The van der Waals surface area contributed by atoms with E-state index in [1.54, 1.807) is 29.2 Å². The lowest BCUT2D eigenvalue weighted by molar-refractivity contribution is -0.175. The van der Waals surface area contributed by atoms with Crippen LogP contribution in [0.25, 0.3) is 0 Å². The maximum Gasteiger partial charge on any atom is 0.315 e. The lowest BCUT2D eigenvalue weighted by Crippen LogP contribution is -2.50. The van der Waals surface area contributed by atoms with E-state index in [1.807, 2.05) is 19.9 Å². The van der Waals surface area contributed by atoms with Crippen molar-refractivity contribution in [1.82, 2.24) is 4.90 Å². The minimum Gasteiger partial charge on any atom is -0.460 e. The first kappa shape index (κ1) is 27.1. The van der Waals surface area contributed by atoms with Gasteiger partial charge < -0.3 is 19.1 Å². The number of nitrogens with zero attached hydrogens (tertiary/aromatic N) is 1. The van der Waals surface area contributed by atoms with Crippen LogP contribution in [0.5, 0.6) is 5.75 Å². The summed E-state index contributed by atoms with van der Waals surface area (Å²) in [6, 6.07) is 8.15. The third-order valence-corrected chi connectivity index (χ3v) is 9.88. The fraction of sp³-hybridized carbons (Fsp3) is 0.667. The minimum absolute atomic E-state index is 0.0891.